The predicted octanol–water partition coefficient (Wildman–Crippen LogP) is 4.13. The van der Waals surface area contributed by atoms with Crippen molar-refractivity contribution in [1.82, 2.24) is 5.32 Å². The second-order valence-corrected chi connectivity index (χ2v) is 9.20. The largest absolute Gasteiger partial charge is 0.343 e. The van der Waals surface area contributed by atoms with Crippen molar-refractivity contribution in [2.45, 2.75) is 18.7 Å². The summed E-state index contributed by atoms with van der Waals surface area (Å²) in [5.41, 5.74) is 3.04. The molecule has 32 heavy (non-hydrogen) atoms. The lowest BCUT2D eigenvalue weighted by Crippen LogP contribution is -2.33. The minimum Gasteiger partial charge on any atom is -0.343 e. The lowest BCUT2D eigenvalue weighted by atomic mass is 10.1. The van der Waals surface area contributed by atoms with Gasteiger partial charge in [0.25, 0.3) is 15.9 Å². The monoisotopic (exact) mass is 471 g/mol. The molecule has 7 nitrogen and oxygen atoms in total. The average Bonchev–Trinajstić information content (AvgIpc) is 2.76. The van der Waals surface area contributed by atoms with Crippen molar-refractivity contribution in [2.75, 3.05) is 16.6 Å². The zero-order valence-corrected chi connectivity index (χ0v) is 19.0. The number of sulfonamides is 1. The van der Waals surface area contributed by atoms with Gasteiger partial charge in [0.2, 0.25) is 5.91 Å². The van der Waals surface area contributed by atoms with Gasteiger partial charge in [-0.15, -0.1) is 0 Å². The van der Waals surface area contributed by atoms with E-state index in [1.807, 2.05) is 32.0 Å². The average molecular weight is 472 g/mol. The molecule has 0 aromatic heterocycles. The summed E-state index contributed by atoms with van der Waals surface area (Å²) in [6.45, 7) is 3.55. The Morgan fingerprint density at radius 2 is 1.50 bits per heavy atom. The number of rotatable bonds is 7. The molecule has 3 N–H and O–H groups in total. The highest BCUT2D eigenvalue weighted by Crippen LogP contribution is 2.24. The Kier molecular flexibility index (Phi) is 7.17. The molecule has 0 aliphatic heterocycles. The number of para-hydroxylation sites is 2. The van der Waals surface area contributed by atoms with Gasteiger partial charge in [0, 0.05) is 11.3 Å². The molecule has 0 spiro atoms. The van der Waals surface area contributed by atoms with E-state index in [9.17, 15) is 18.0 Å². The molecule has 2 amide bonds. The Balaban J connectivity index is 1.61. The molecule has 0 fully saturated rings. The minimum atomic E-state index is -3.88. The summed E-state index contributed by atoms with van der Waals surface area (Å²) >= 11 is 6.00. The SMILES string of the molecule is Cc1cccc(C)c1NC(=O)CNC(=O)c1ccc(S(=O)(=O)Nc2ccccc2Cl)cc1. The number of amides is 2. The Morgan fingerprint density at radius 3 is 2.12 bits per heavy atom. The van der Waals surface area contributed by atoms with Crippen LogP contribution in [0.1, 0.15) is 21.5 Å². The molecule has 0 unspecified atom stereocenters. The molecule has 0 aliphatic carbocycles. The molecular weight excluding hydrogens is 450 g/mol. The number of hydrogen-bond acceptors (Lipinski definition) is 4. The number of carbonyl (C=O) groups is 2. The highest BCUT2D eigenvalue weighted by atomic mass is 35.5. The van der Waals surface area contributed by atoms with E-state index in [1.165, 1.54) is 24.3 Å². The Hall–Kier alpha value is -3.36. The predicted molar refractivity (Wildman–Crippen MR) is 126 cm³/mol. The first-order chi connectivity index (χ1) is 15.2. The van der Waals surface area contributed by atoms with Crippen molar-refractivity contribution in [1.29, 1.82) is 0 Å². The van der Waals surface area contributed by atoms with Gasteiger partial charge >= 0.3 is 0 Å². The van der Waals surface area contributed by atoms with Crippen molar-refractivity contribution in [3.05, 3.63) is 88.4 Å². The van der Waals surface area contributed by atoms with Gasteiger partial charge in [0.15, 0.2) is 0 Å². The number of benzene rings is 3. The van der Waals surface area contributed by atoms with Crippen LogP contribution in [0.5, 0.6) is 0 Å². The maximum absolute atomic E-state index is 12.6. The summed E-state index contributed by atoms with van der Waals surface area (Å²) in [7, 11) is -3.88. The molecule has 3 aromatic rings. The molecule has 0 saturated heterocycles. The molecule has 0 atom stereocenters. The fourth-order valence-corrected chi connectivity index (χ4v) is 4.31. The second-order valence-electron chi connectivity index (χ2n) is 7.11. The molecule has 166 valence electrons. The lowest BCUT2D eigenvalue weighted by Gasteiger charge is -2.12. The molecule has 3 aromatic carbocycles. The quantitative estimate of drug-likeness (QED) is 0.482. The van der Waals surface area contributed by atoms with Gasteiger partial charge in [-0.25, -0.2) is 8.42 Å². The van der Waals surface area contributed by atoms with Crippen LogP contribution in [0.15, 0.2) is 71.6 Å². The third kappa shape index (κ3) is 5.66. The molecule has 0 radical (unpaired) electrons. The summed E-state index contributed by atoms with van der Waals surface area (Å²) < 4.78 is 27.5. The number of nitrogens with one attached hydrogen (secondary N) is 3. The molecule has 0 bridgehead atoms. The Morgan fingerprint density at radius 1 is 0.875 bits per heavy atom. The number of aryl methyl sites for hydroxylation is 2. The van der Waals surface area contributed by atoms with Crippen LogP contribution >= 0.6 is 11.6 Å². The highest BCUT2D eigenvalue weighted by Gasteiger charge is 2.17. The van der Waals surface area contributed by atoms with Crippen LogP contribution in [0.3, 0.4) is 0 Å². The Bertz CT molecular complexity index is 1240. The van der Waals surface area contributed by atoms with E-state index in [4.69, 9.17) is 11.6 Å². The van der Waals surface area contributed by atoms with Crippen LogP contribution in [0.2, 0.25) is 5.02 Å². The van der Waals surface area contributed by atoms with Crippen LogP contribution in [0, 0.1) is 13.8 Å². The lowest BCUT2D eigenvalue weighted by molar-refractivity contribution is -0.115. The topological polar surface area (TPSA) is 104 Å². The van der Waals surface area contributed by atoms with Gasteiger partial charge in [-0.1, -0.05) is 41.9 Å². The molecule has 9 heteroatoms. The van der Waals surface area contributed by atoms with Crippen molar-refractivity contribution in [3.63, 3.8) is 0 Å². The second kappa shape index (κ2) is 9.84. The van der Waals surface area contributed by atoms with E-state index >= 15 is 0 Å². The van der Waals surface area contributed by atoms with Gasteiger partial charge in [0.1, 0.15) is 0 Å². The van der Waals surface area contributed by atoms with Gasteiger partial charge < -0.3 is 10.6 Å². The van der Waals surface area contributed by atoms with Crippen molar-refractivity contribution >= 4 is 44.8 Å². The maximum Gasteiger partial charge on any atom is 0.261 e. The first-order valence-electron chi connectivity index (χ1n) is 9.69. The van der Waals surface area contributed by atoms with Gasteiger partial charge in [0.05, 0.1) is 22.2 Å². The number of halogens is 1. The van der Waals surface area contributed by atoms with E-state index < -0.39 is 15.9 Å². The van der Waals surface area contributed by atoms with Gasteiger partial charge in [-0.05, 0) is 61.4 Å². The smallest absolute Gasteiger partial charge is 0.261 e. The molecule has 0 heterocycles. The summed E-state index contributed by atoms with van der Waals surface area (Å²) in [5.74, 6) is -0.858. The maximum atomic E-state index is 12.6. The standard InChI is InChI=1S/C23H22ClN3O4S/c1-15-6-5-7-16(2)22(15)26-21(28)14-25-23(29)17-10-12-18(13-11-17)32(30,31)27-20-9-4-3-8-19(20)24/h3-13,27H,14H2,1-2H3,(H,25,29)(H,26,28). The molecule has 3 rings (SSSR count). The fraction of sp³-hybridized carbons (Fsp3) is 0.130. The number of carbonyl (C=O) groups excluding carboxylic acids is 2. The molecular formula is C23H22ClN3O4S. The van der Waals surface area contributed by atoms with E-state index in [2.05, 4.69) is 15.4 Å². The third-order valence-corrected chi connectivity index (χ3v) is 6.41. The molecule has 0 saturated carbocycles. The first kappa shape index (κ1) is 23.3. The van der Waals surface area contributed by atoms with Gasteiger partial charge in [-0.2, -0.15) is 0 Å². The number of anilines is 2. The number of hydrogen-bond donors (Lipinski definition) is 3. The van der Waals surface area contributed by atoms with Crippen LogP contribution in [-0.2, 0) is 14.8 Å². The van der Waals surface area contributed by atoms with E-state index in [-0.39, 0.29) is 33.6 Å². The normalized spacial score (nSPS) is 11.0. The summed E-state index contributed by atoms with van der Waals surface area (Å²) in [4.78, 5) is 24.5. The summed E-state index contributed by atoms with van der Waals surface area (Å²) in [6, 6.07) is 17.5. The molecule has 0 aliphatic rings. The van der Waals surface area contributed by atoms with Crippen molar-refractivity contribution in [2.24, 2.45) is 0 Å². The third-order valence-electron chi connectivity index (χ3n) is 4.70. The van der Waals surface area contributed by atoms with Crippen LogP contribution in [0.4, 0.5) is 11.4 Å². The zero-order chi connectivity index (χ0) is 23.3. The van der Waals surface area contributed by atoms with Crippen LogP contribution in [0.25, 0.3) is 0 Å². The van der Waals surface area contributed by atoms with E-state index in [0.717, 1.165) is 11.1 Å². The first-order valence-corrected chi connectivity index (χ1v) is 11.5. The van der Waals surface area contributed by atoms with Crippen LogP contribution < -0.4 is 15.4 Å². The summed E-state index contributed by atoms with van der Waals surface area (Å²) in [5, 5.41) is 5.59. The summed E-state index contributed by atoms with van der Waals surface area (Å²) in [6.07, 6.45) is 0. The van der Waals surface area contributed by atoms with E-state index in [0.29, 0.717) is 5.69 Å². The minimum absolute atomic E-state index is 0.0262. The van der Waals surface area contributed by atoms with Crippen molar-refractivity contribution in [3.8, 4) is 0 Å². The fourth-order valence-electron chi connectivity index (χ4n) is 2.99. The van der Waals surface area contributed by atoms with E-state index in [1.54, 1.807) is 24.3 Å². The zero-order valence-electron chi connectivity index (χ0n) is 17.5. The highest BCUT2D eigenvalue weighted by molar-refractivity contribution is 7.92. The Labute approximate surface area is 191 Å². The van der Waals surface area contributed by atoms with Crippen LogP contribution in [-0.4, -0.2) is 26.8 Å². The van der Waals surface area contributed by atoms with Gasteiger partial charge in [-0.3, -0.25) is 14.3 Å². The van der Waals surface area contributed by atoms with Crippen molar-refractivity contribution < 1.29 is 18.0 Å².